The van der Waals surface area contributed by atoms with Gasteiger partial charge in [0.2, 0.25) is 10.0 Å². The van der Waals surface area contributed by atoms with Crippen molar-refractivity contribution in [1.29, 1.82) is 0 Å². The summed E-state index contributed by atoms with van der Waals surface area (Å²) in [6.45, 7) is 0.757. The predicted molar refractivity (Wildman–Crippen MR) is 96.1 cm³/mol. The topological polar surface area (TPSA) is 53.2 Å². The lowest BCUT2D eigenvalue weighted by molar-refractivity contribution is 0.391. The van der Waals surface area contributed by atoms with E-state index in [-0.39, 0.29) is 4.90 Å². The molecule has 2 heterocycles. The van der Waals surface area contributed by atoms with E-state index < -0.39 is 10.0 Å². The Bertz CT molecular complexity index is 1040. The van der Waals surface area contributed by atoms with E-state index in [2.05, 4.69) is 4.98 Å². The lowest BCUT2D eigenvalue weighted by atomic mass is 10.1. The molecule has 0 saturated heterocycles. The molecule has 1 aliphatic rings. The van der Waals surface area contributed by atoms with Gasteiger partial charge in [-0.05, 0) is 42.0 Å². The van der Waals surface area contributed by atoms with Crippen LogP contribution in [0.2, 0.25) is 10.0 Å². The zero-order valence-corrected chi connectivity index (χ0v) is 14.9. The number of hydrogen-bond donors (Lipinski definition) is 1. The Morgan fingerprint density at radius 2 is 1.83 bits per heavy atom. The third-order valence-electron chi connectivity index (χ3n) is 4.34. The highest BCUT2D eigenvalue weighted by atomic mass is 35.5. The minimum absolute atomic E-state index is 0.219. The molecule has 3 aromatic rings. The summed E-state index contributed by atoms with van der Waals surface area (Å²) < 4.78 is 27.3. The van der Waals surface area contributed by atoms with Crippen LogP contribution in [0.1, 0.15) is 11.3 Å². The number of nitrogens with zero attached hydrogens (tertiary/aromatic N) is 1. The van der Waals surface area contributed by atoms with Crippen molar-refractivity contribution in [3.63, 3.8) is 0 Å². The zero-order chi connectivity index (χ0) is 16.9. The third kappa shape index (κ3) is 2.62. The Balaban J connectivity index is 1.76. The van der Waals surface area contributed by atoms with Gasteiger partial charge in [0.25, 0.3) is 0 Å². The molecule has 4 rings (SSSR count). The summed E-state index contributed by atoms with van der Waals surface area (Å²) in [6.07, 6.45) is 0.640. The standard InChI is InChI=1S/C17H14Cl2N2O2S/c18-11-2-1-3-13(8-11)24(22,23)21-7-6-17-15(10-21)14-9-12(19)4-5-16(14)20-17/h1-5,8-9,20H,6-7,10H2. The SMILES string of the molecule is O=S(=O)(c1cccc(Cl)c1)N1CCc2[nH]c3ccc(Cl)cc3c2C1. The number of sulfonamides is 1. The molecule has 0 saturated carbocycles. The average Bonchev–Trinajstić information content (AvgIpc) is 2.92. The molecule has 4 nitrogen and oxygen atoms in total. The van der Waals surface area contributed by atoms with Gasteiger partial charge >= 0.3 is 0 Å². The van der Waals surface area contributed by atoms with Crippen LogP contribution in [-0.4, -0.2) is 24.3 Å². The molecule has 0 atom stereocenters. The van der Waals surface area contributed by atoms with Crippen molar-refractivity contribution in [3.05, 3.63) is 63.8 Å². The molecule has 0 fully saturated rings. The van der Waals surface area contributed by atoms with Crippen LogP contribution in [0.5, 0.6) is 0 Å². The smallest absolute Gasteiger partial charge is 0.243 e. The highest BCUT2D eigenvalue weighted by Gasteiger charge is 2.30. The maximum atomic E-state index is 12.9. The Morgan fingerprint density at radius 1 is 1.04 bits per heavy atom. The van der Waals surface area contributed by atoms with Crippen LogP contribution in [0.4, 0.5) is 0 Å². The summed E-state index contributed by atoms with van der Waals surface area (Å²) in [5, 5.41) is 2.02. The van der Waals surface area contributed by atoms with E-state index in [9.17, 15) is 8.42 Å². The molecule has 2 aromatic carbocycles. The van der Waals surface area contributed by atoms with Crippen molar-refractivity contribution >= 4 is 44.1 Å². The number of halogens is 2. The van der Waals surface area contributed by atoms with Crippen LogP contribution in [0.3, 0.4) is 0 Å². The number of rotatable bonds is 2. The number of aromatic nitrogens is 1. The number of benzene rings is 2. The van der Waals surface area contributed by atoms with Crippen LogP contribution in [0.25, 0.3) is 10.9 Å². The molecule has 1 N–H and O–H groups in total. The first-order chi connectivity index (χ1) is 11.4. The molecule has 7 heteroatoms. The van der Waals surface area contributed by atoms with Crippen LogP contribution in [-0.2, 0) is 23.0 Å². The summed E-state index contributed by atoms with van der Waals surface area (Å²) in [6, 6.07) is 12.0. The van der Waals surface area contributed by atoms with Crippen molar-refractivity contribution in [2.45, 2.75) is 17.9 Å². The van der Waals surface area contributed by atoms with Crippen molar-refractivity contribution in [2.75, 3.05) is 6.54 Å². The quantitative estimate of drug-likeness (QED) is 0.723. The van der Waals surface area contributed by atoms with E-state index in [4.69, 9.17) is 23.2 Å². The van der Waals surface area contributed by atoms with Gasteiger partial charge in [0, 0.05) is 46.2 Å². The molecule has 24 heavy (non-hydrogen) atoms. The van der Waals surface area contributed by atoms with Gasteiger partial charge in [0.05, 0.1) is 4.90 Å². The Hall–Kier alpha value is -1.53. The summed E-state index contributed by atoms with van der Waals surface area (Å²) in [5.41, 5.74) is 3.04. The van der Waals surface area contributed by atoms with Crippen molar-refractivity contribution in [1.82, 2.24) is 9.29 Å². The minimum atomic E-state index is -3.58. The van der Waals surface area contributed by atoms with Crippen molar-refractivity contribution in [2.24, 2.45) is 0 Å². The second kappa shape index (κ2) is 5.77. The fourth-order valence-corrected chi connectivity index (χ4v) is 5.03. The normalized spacial score (nSPS) is 15.6. The van der Waals surface area contributed by atoms with E-state index in [0.717, 1.165) is 22.2 Å². The minimum Gasteiger partial charge on any atom is -0.358 e. The van der Waals surface area contributed by atoms with E-state index in [1.807, 2.05) is 18.2 Å². The lowest BCUT2D eigenvalue weighted by Crippen LogP contribution is -2.35. The van der Waals surface area contributed by atoms with Crippen LogP contribution >= 0.6 is 23.2 Å². The second-order valence-electron chi connectivity index (χ2n) is 5.82. The first-order valence-electron chi connectivity index (χ1n) is 7.50. The van der Waals surface area contributed by atoms with E-state index in [0.29, 0.717) is 29.6 Å². The molecule has 0 radical (unpaired) electrons. The fraction of sp³-hybridized carbons (Fsp3) is 0.176. The summed E-state index contributed by atoms with van der Waals surface area (Å²) in [4.78, 5) is 3.58. The molecule has 0 aliphatic carbocycles. The van der Waals surface area contributed by atoms with Crippen LogP contribution in [0.15, 0.2) is 47.4 Å². The van der Waals surface area contributed by atoms with Crippen molar-refractivity contribution < 1.29 is 8.42 Å². The first-order valence-corrected chi connectivity index (χ1v) is 9.69. The van der Waals surface area contributed by atoms with Gasteiger partial charge < -0.3 is 4.98 Å². The molecule has 0 amide bonds. The monoisotopic (exact) mass is 380 g/mol. The number of aromatic amines is 1. The average molecular weight is 381 g/mol. The third-order valence-corrected chi connectivity index (χ3v) is 6.65. The molecule has 1 aliphatic heterocycles. The predicted octanol–water partition coefficient (Wildman–Crippen LogP) is 4.22. The van der Waals surface area contributed by atoms with Gasteiger partial charge in [-0.2, -0.15) is 4.31 Å². The van der Waals surface area contributed by atoms with Gasteiger partial charge in [-0.1, -0.05) is 29.3 Å². The maximum absolute atomic E-state index is 12.9. The molecular formula is C17H14Cl2N2O2S. The maximum Gasteiger partial charge on any atom is 0.243 e. The molecule has 1 aromatic heterocycles. The number of nitrogens with one attached hydrogen (secondary N) is 1. The van der Waals surface area contributed by atoms with Gasteiger partial charge in [-0.25, -0.2) is 8.42 Å². The van der Waals surface area contributed by atoms with Crippen LogP contribution in [0, 0.1) is 0 Å². The largest absolute Gasteiger partial charge is 0.358 e. The molecule has 0 spiro atoms. The van der Waals surface area contributed by atoms with Gasteiger partial charge in [-0.3, -0.25) is 0 Å². The number of fused-ring (bicyclic) bond motifs is 3. The van der Waals surface area contributed by atoms with E-state index in [1.165, 1.54) is 10.4 Å². The number of H-pyrrole nitrogens is 1. The van der Waals surface area contributed by atoms with Gasteiger partial charge in [-0.15, -0.1) is 0 Å². The van der Waals surface area contributed by atoms with E-state index in [1.54, 1.807) is 18.2 Å². The molecule has 0 bridgehead atoms. The fourth-order valence-electron chi connectivity index (χ4n) is 3.14. The molecular weight excluding hydrogens is 367 g/mol. The van der Waals surface area contributed by atoms with Gasteiger partial charge in [0.15, 0.2) is 0 Å². The highest BCUT2D eigenvalue weighted by Crippen LogP contribution is 2.32. The Kier molecular flexibility index (Phi) is 3.84. The zero-order valence-electron chi connectivity index (χ0n) is 12.6. The first kappa shape index (κ1) is 16.0. The second-order valence-corrected chi connectivity index (χ2v) is 8.63. The summed E-state index contributed by atoms with van der Waals surface area (Å²) in [7, 11) is -3.58. The van der Waals surface area contributed by atoms with E-state index >= 15 is 0 Å². The number of hydrogen-bond acceptors (Lipinski definition) is 2. The van der Waals surface area contributed by atoms with Crippen molar-refractivity contribution in [3.8, 4) is 0 Å². The Morgan fingerprint density at radius 3 is 2.62 bits per heavy atom. The molecule has 124 valence electrons. The Labute approximate surface area is 150 Å². The lowest BCUT2D eigenvalue weighted by Gasteiger charge is -2.26. The highest BCUT2D eigenvalue weighted by molar-refractivity contribution is 7.89. The molecule has 0 unspecified atom stereocenters. The summed E-state index contributed by atoms with van der Waals surface area (Å²) in [5.74, 6) is 0. The van der Waals surface area contributed by atoms with Crippen LogP contribution < -0.4 is 0 Å². The van der Waals surface area contributed by atoms with Gasteiger partial charge in [0.1, 0.15) is 0 Å². The summed E-state index contributed by atoms with van der Waals surface area (Å²) >= 11 is 12.0.